The van der Waals surface area contributed by atoms with E-state index in [1.54, 1.807) is 18.2 Å². The number of hydrogen-bond acceptors (Lipinski definition) is 13. The lowest BCUT2D eigenvalue weighted by Gasteiger charge is -2.11. The molecule has 0 aromatic heterocycles. The molecule has 44 heavy (non-hydrogen) atoms. The van der Waals surface area contributed by atoms with Gasteiger partial charge in [0, 0.05) is 6.61 Å². The van der Waals surface area contributed by atoms with E-state index < -0.39 is 22.1 Å². The van der Waals surface area contributed by atoms with E-state index in [2.05, 4.69) is 4.74 Å². The van der Waals surface area contributed by atoms with Crippen molar-refractivity contribution < 1.29 is 60.1 Å². The maximum absolute atomic E-state index is 12.1. The fraction of sp³-hybridized carbons (Fsp3) is 0.533. The van der Waals surface area contributed by atoms with Crippen LogP contribution in [0.4, 0.5) is 0 Å². The minimum absolute atomic E-state index is 0.0454. The summed E-state index contributed by atoms with van der Waals surface area (Å²) < 4.78 is 71.4. The van der Waals surface area contributed by atoms with Crippen LogP contribution in [0, 0.1) is 6.92 Å². The van der Waals surface area contributed by atoms with Gasteiger partial charge in [0.1, 0.15) is 12.4 Å². The molecule has 13 nitrogen and oxygen atoms in total. The Kier molecular flexibility index (Phi) is 18.2. The molecule has 0 saturated carbocycles. The van der Waals surface area contributed by atoms with Crippen molar-refractivity contribution in [3.8, 4) is 5.75 Å². The summed E-state index contributed by atoms with van der Waals surface area (Å²) in [4.78, 5) is 23.9. The van der Waals surface area contributed by atoms with E-state index in [1.165, 1.54) is 38.5 Å². The highest BCUT2D eigenvalue weighted by Gasteiger charge is 2.19. The van der Waals surface area contributed by atoms with Crippen LogP contribution in [0.3, 0.4) is 0 Å². The van der Waals surface area contributed by atoms with E-state index in [1.807, 2.05) is 6.92 Å². The first kappa shape index (κ1) is 37.1. The summed E-state index contributed by atoms with van der Waals surface area (Å²) >= 11 is 0. The lowest BCUT2D eigenvalue weighted by molar-refractivity contribution is -0.0131. The summed E-state index contributed by atoms with van der Waals surface area (Å²) in [5.41, 5.74) is 1.12. The maximum Gasteiger partial charge on any atom is 0.338 e. The van der Waals surface area contributed by atoms with Crippen molar-refractivity contribution in [3.63, 3.8) is 0 Å². The Morgan fingerprint density at radius 1 is 0.591 bits per heavy atom. The average molecular weight is 643 g/mol. The molecule has 0 aliphatic rings. The van der Waals surface area contributed by atoms with Crippen molar-refractivity contribution in [2.75, 3.05) is 93.5 Å². The fourth-order valence-corrected chi connectivity index (χ4v) is 4.43. The Labute approximate surface area is 258 Å². The van der Waals surface area contributed by atoms with Crippen molar-refractivity contribution in [1.29, 1.82) is 0 Å². The van der Waals surface area contributed by atoms with Crippen LogP contribution in [0.1, 0.15) is 32.7 Å². The van der Waals surface area contributed by atoms with Gasteiger partial charge in [-0.3, -0.25) is 4.18 Å². The van der Waals surface area contributed by atoms with Gasteiger partial charge in [0.2, 0.25) is 0 Å². The molecule has 0 bridgehead atoms. The van der Waals surface area contributed by atoms with Gasteiger partial charge in [-0.05, 0) is 43.7 Å². The number of aryl methyl sites for hydroxylation is 1. The molecule has 0 spiro atoms. The molecule has 14 heteroatoms. The molecule has 0 aliphatic carbocycles. The fourth-order valence-electron chi connectivity index (χ4n) is 3.48. The highest BCUT2D eigenvalue weighted by atomic mass is 32.2. The number of ether oxygens (including phenoxy) is 8. The summed E-state index contributed by atoms with van der Waals surface area (Å²) in [5, 5.41) is 0. The van der Waals surface area contributed by atoms with Gasteiger partial charge >= 0.3 is 11.9 Å². The number of methoxy groups -OCH3 is 2. The predicted molar refractivity (Wildman–Crippen MR) is 158 cm³/mol. The molecule has 0 radical (unpaired) electrons. The zero-order chi connectivity index (χ0) is 32.0. The molecular formula is C30H42O13S. The number of esters is 2. The number of hydrogen-bond donors (Lipinski definition) is 0. The van der Waals surface area contributed by atoms with E-state index in [9.17, 15) is 18.0 Å². The second-order valence-electron chi connectivity index (χ2n) is 9.04. The molecule has 2 rings (SSSR count). The van der Waals surface area contributed by atoms with Crippen LogP contribution in [-0.4, -0.2) is 114 Å². The highest BCUT2D eigenvalue weighted by molar-refractivity contribution is 7.86. The van der Waals surface area contributed by atoms with E-state index >= 15 is 0 Å². The Hall–Kier alpha value is -3.11. The van der Waals surface area contributed by atoms with Crippen LogP contribution < -0.4 is 4.74 Å². The topological polar surface area (TPSA) is 151 Å². The average Bonchev–Trinajstić information content (AvgIpc) is 3.03. The summed E-state index contributed by atoms with van der Waals surface area (Å²) in [6.07, 6.45) is 0.445. The summed E-state index contributed by atoms with van der Waals surface area (Å²) in [5.74, 6) is -0.924. The Morgan fingerprint density at radius 3 is 1.59 bits per heavy atom. The zero-order valence-corrected chi connectivity index (χ0v) is 26.3. The second-order valence-corrected chi connectivity index (χ2v) is 10.7. The first-order chi connectivity index (χ1) is 21.3. The Bertz CT molecular complexity index is 1220. The molecular weight excluding hydrogens is 600 g/mol. The molecule has 0 amide bonds. The van der Waals surface area contributed by atoms with Crippen LogP contribution in [0.2, 0.25) is 0 Å². The van der Waals surface area contributed by atoms with E-state index in [0.29, 0.717) is 78.2 Å². The first-order valence-corrected chi connectivity index (χ1v) is 15.5. The Morgan fingerprint density at radius 2 is 1.07 bits per heavy atom. The van der Waals surface area contributed by atoms with Crippen LogP contribution >= 0.6 is 0 Å². The van der Waals surface area contributed by atoms with Gasteiger partial charge in [-0.2, -0.15) is 8.42 Å². The summed E-state index contributed by atoms with van der Waals surface area (Å²) in [6.45, 7) is 6.03. The van der Waals surface area contributed by atoms with Gasteiger partial charge < -0.3 is 37.9 Å². The molecule has 0 saturated heterocycles. The third-order valence-electron chi connectivity index (χ3n) is 5.77. The maximum atomic E-state index is 12.1. The summed E-state index contributed by atoms with van der Waals surface area (Å²) in [7, 11) is -1.30. The number of benzene rings is 2. The molecule has 246 valence electrons. The lowest BCUT2D eigenvalue weighted by Crippen LogP contribution is -2.15. The van der Waals surface area contributed by atoms with Crippen molar-refractivity contribution >= 4 is 22.1 Å². The van der Waals surface area contributed by atoms with E-state index in [0.717, 1.165) is 5.56 Å². The molecule has 0 heterocycles. The van der Waals surface area contributed by atoms with Crippen molar-refractivity contribution in [3.05, 3.63) is 59.2 Å². The quantitative estimate of drug-likeness (QED) is 0.0939. The van der Waals surface area contributed by atoms with E-state index in [-0.39, 0.29) is 29.2 Å². The normalized spacial score (nSPS) is 11.3. The second kappa shape index (κ2) is 21.6. The smallest absolute Gasteiger partial charge is 0.338 e. The van der Waals surface area contributed by atoms with Gasteiger partial charge in [-0.15, -0.1) is 0 Å². The van der Waals surface area contributed by atoms with Crippen LogP contribution in [-0.2, 0) is 47.5 Å². The number of rotatable bonds is 24. The van der Waals surface area contributed by atoms with Crippen molar-refractivity contribution in [1.82, 2.24) is 0 Å². The minimum atomic E-state index is -3.75. The molecule has 2 aromatic carbocycles. The van der Waals surface area contributed by atoms with E-state index in [4.69, 9.17) is 37.3 Å². The molecule has 0 aliphatic heterocycles. The van der Waals surface area contributed by atoms with Gasteiger partial charge in [0.05, 0.1) is 96.3 Å². The predicted octanol–water partition coefficient (Wildman–Crippen LogP) is 2.83. The van der Waals surface area contributed by atoms with Crippen molar-refractivity contribution in [2.24, 2.45) is 0 Å². The van der Waals surface area contributed by atoms with Gasteiger partial charge in [0.25, 0.3) is 10.1 Å². The molecule has 0 N–H and O–H groups in total. The van der Waals surface area contributed by atoms with Gasteiger partial charge in [-0.25, -0.2) is 9.59 Å². The monoisotopic (exact) mass is 642 g/mol. The number of carbonyl (C=O) groups excluding carboxylic acids is 2. The third kappa shape index (κ3) is 14.6. The lowest BCUT2D eigenvalue weighted by atomic mass is 10.1. The van der Waals surface area contributed by atoms with Crippen LogP contribution in [0.25, 0.3) is 0 Å². The minimum Gasteiger partial charge on any atom is -0.491 e. The molecule has 2 aromatic rings. The Balaban J connectivity index is 1.36. The van der Waals surface area contributed by atoms with Gasteiger partial charge in [-0.1, -0.05) is 17.7 Å². The first-order valence-electron chi connectivity index (χ1n) is 14.1. The number of carbonyl (C=O) groups is 2. The molecule has 0 atom stereocenters. The SMILES string of the molecule is COC(=O)c1ccc(OCCOCCOCCOCCOCCOCCCOS(=O)(=O)c2ccc(C)cc2)cc1C(=O)OC. The van der Waals surface area contributed by atoms with Gasteiger partial charge in [0.15, 0.2) is 0 Å². The zero-order valence-electron chi connectivity index (χ0n) is 25.4. The highest BCUT2D eigenvalue weighted by Crippen LogP contribution is 2.20. The third-order valence-corrected chi connectivity index (χ3v) is 7.09. The van der Waals surface area contributed by atoms with Crippen LogP contribution in [0.15, 0.2) is 47.4 Å². The van der Waals surface area contributed by atoms with Crippen molar-refractivity contribution in [2.45, 2.75) is 18.2 Å². The standard InChI is InChI=1S/C30H42O13S/c1-24-5-8-26(9-6-24)44(33,34)43-12-4-11-37-13-14-38-15-16-39-17-18-40-19-20-41-21-22-42-25-7-10-27(29(31)35-2)28(23-25)30(32)36-3/h5-10,23H,4,11-22H2,1-3H3. The largest absolute Gasteiger partial charge is 0.491 e. The summed E-state index contributed by atoms with van der Waals surface area (Å²) in [6, 6.07) is 10.9. The molecule has 0 unspecified atom stereocenters. The van der Waals surface area contributed by atoms with Crippen LogP contribution in [0.5, 0.6) is 5.75 Å². The molecule has 0 fully saturated rings.